The molecule has 11 nitrogen and oxygen atoms in total. The van der Waals surface area contributed by atoms with Crippen LogP contribution in [-0.4, -0.2) is 91.0 Å². The summed E-state index contributed by atoms with van der Waals surface area (Å²) in [5.74, 6) is -0.772. The minimum Gasteiger partial charge on any atom is -0.388 e. The summed E-state index contributed by atoms with van der Waals surface area (Å²) in [6, 6.07) is -0.551. The number of carbonyl (C=O) groups excluding carboxylic acids is 1. The van der Waals surface area contributed by atoms with Crippen LogP contribution in [0.4, 0.5) is 19.0 Å². The van der Waals surface area contributed by atoms with Crippen LogP contribution in [0, 0.1) is 0 Å². The lowest BCUT2D eigenvalue weighted by Crippen LogP contribution is -2.58. The number of fused-ring (bicyclic) bond motifs is 1. The molecule has 4 N–H and O–H groups in total. The summed E-state index contributed by atoms with van der Waals surface area (Å²) >= 11 is 0. The van der Waals surface area contributed by atoms with Crippen LogP contribution in [-0.2, 0) is 23.9 Å². The van der Waals surface area contributed by atoms with Crippen LogP contribution in [0.15, 0.2) is 18.6 Å². The van der Waals surface area contributed by atoms with Gasteiger partial charge in [0.1, 0.15) is 24.1 Å². The molecule has 2 aromatic rings. The van der Waals surface area contributed by atoms with Gasteiger partial charge >= 0.3 is 6.18 Å². The predicted octanol–water partition coefficient (Wildman–Crippen LogP) is 0.383. The lowest BCUT2D eigenvalue weighted by Gasteiger charge is -2.38. The summed E-state index contributed by atoms with van der Waals surface area (Å²) in [6.45, 7) is 5.50. The summed E-state index contributed by atoms with van der Waals surface area (Å²) in [7, 11) is 0. The van der Waals surface area contributed by atoms with E-state index in [4.69, 9.17) is 4.74 Å². The number of hydrogen-bond acceptors (Lipinski definition) is 10. The van der Waals surface area contributed by atoms with Crippen LogP contribution in [0.5, 0.6) is 0 Å². The Labute approximate surface area is 205 Å². The molecule has 1 amide bonds. The molecule has 0 spiro atoms. The molecule has 0 aromatic carbocycles. The molecule has 0 aliphatic carbocycles. The minimum absolute atomic E-state index is 0.000240. The Hall–Kier alpha value is -2.94. The molecular weight excluding hydrogens is 483 g/mol. The minimum atomic E-state index is -4.68. The number of aromatic nitrogens is 4. The number of hydrogen-bond donors (Lipinski definition) is 4. The van der Waals surface area contributed by atoms with Gasteiger partial charge in [-0.1, -0.05) is 0 Å². The summed E-state index contributed by atoms with van der Waals surface area (Å²) < 4.78 is 44.1. The van der Waals surface area contributed by atoms with Crippen molar-refractivity contribution in [2.45, 2.75) is 63.4 Å². The van der Waals surface area contributed by atoms with Gasteiger partial charge in [0.2, 0.25) is 5.82 Å². The normalized spacial score (nSPS) is 24.9. The van der Waals surface area contributed by atoms with Crippen molar-refractivity contribution in [3.63, 3.8) is 0 Å². The quantitative estimate of drug-likeness (QED) is 0.430. The third-order valence-electron chi connectivity index (χ3n) is 6.25. The molecular formula is C22H28F3N7O4. The van der Waals surface area contributed by atoms with Gasteiger partial charge in [0.15, 0.2) is 5.69 Å². The van der Waals surface area contributed by atoms with Crippen molar-refractivity contribution in [1.82, 2.24) is 30.2 Å². The van der Waals surface area contributed by atoms with Crippen molar-refractivity contribution in [3.05, 3.63) is 41.4 Å². The van der Waals surface area contributed by atoms with Crippen molar-refractivity contribution in [3.8, 4) is 0 Å². The van der Waals surface area contributed by atoms with E-state index in [1.165, 1.54) is 0 Å². The number of aliphatic hydroxyl groups is 2. The Morgan fingerprint density at radius 3 is 2.72 bits per heavy atom. The maximum atomic E-state index is 12.8. The highest BCUT2D eigenvalue weighted by Gasteiger charge is 2.39. The number of amides is 1. The van der Waals surface area contributed by atoms with E-state index in [-0.39, 0.29) is 24.8 Å². The smallest absolute Gasteiger partial charge is 0.388 e. The van der Waals surface area contributed by atoms with Gasteiger partial charge < -0.3 is 25.6 Å². The molecule has 2 aliphatic rings. The fourth-order valence-electron chi connectivity index (χ4n) is 4.11. The second kappa shape index (κ2) is 10.6. The molecule has 196 valence electrons. The predicted molar refractivity (Wildman–Crippen MR) is 120 cm³/mol. The number of halogens is 3. The van der Waals surface area contributed by atoms with Crippen LogP contribution in [0.25, 0.3) is 0 Å². The molecule has 14 heteroatoms. The Morgan fingerprint density at radius 2 is 2.00 bits per heavy atom. The molecule has 4 atom stereocenters. The van der Waals surface area contributed by atoms with E-state index in [1.807, 2.05) is 0 Å². The number of anilines is 1. The Bertz CT molecular complexity index is 1090. The highest BCUT2D eigenvalue weighted by molar-refractivity contribution is 5.90. The highest BCUT2D eigenvalue weighted by Crippen LogP contribution is 2.28. The summed E-state index contributed by atoms with van der Waals surface area (Å²) in [6.07, 6.45) is -4.45. The van der Waals surface area contributed by atoms with Gasteiger partial charge in [-0.05, 0) is 13.8 Å². The maximum Gasteiger partial charge on any atom is 0.434 e. The number of alkyl halides is 3. The molecule has 2 aromatic heterocycles. The van der Waals surface area contributed by atoms with Crippen molar-refractivity contribution >= 4 is 11.7 Å². The molecule has 0 unspecified atom stereocenters. The molecule has 0 saturated carbocycles. The molecule has 0 radical (unpaired) electrons. The lowest BCUT2D eigenvalue weighted by molar-refractivity contribution is -0.141. The van der Waals surface area contributed by atoms with Crippen LogP contribution in [0.2, 0.25) is 0 Å². The van der Waals surface area contributed by atoms with Crippen LogP contribution in [0.1, 0.15) is 41.4 Å². The standard InChI is InChI=1S/C22H28F3N7O4/c1-11(2)32-4-3-13-12(9-32)5-27-20(30-13)21(35)28-6-15-19(34)18(33)14(10-36-15)29-17-8-26-7-16(31-17)22(23,24)25/h5,7-8,11,14-15,18-19,33-34H,3-4,6,9-10H2,1-2H3,(H,28,35)(H,29,31)/t14-,15+,18+,19-/m0/s1. The molecule has 36 heavy (non-hydrogen) atoms. The Morgan fingerprint density at radius 1 is 1.22 bits per heavy atom. The maximum absolute atomic E-state index is 12.8. The van der Waals surface area contributed by atoms with E-state index >= 15 is 0 Å². The number of rotatable bonds is 6. The molecule has 1 fully saturated rings. The van der Waals surface area contributed by atoms with Gasteiger partial charge in [-0.25, -0.2) is 15.0 Å². The molecule has 4 heterocycles. The van der Waals surface area contributed by atoms with Gasteiger partial charge in [-0.3, -0.25) is 14.7 Å². The van der Waals surface area contributed by atoms with E-state index in [0.717, 1.165) is 30.5 Å². The lowest BCUT2D eigenvalue weighted by atomic mass is 9.98. The third kappa shape index (κ3) is 5.88. The second-order valence-electron chi connectivity index (χ2n) is 9.08. The van der Waals surface area contributed by atoms with Gasteiger partial charge in [0, 0.05) is 43.9 Å². The molecule has 1 saturated heterocycles. The first-order valence-electron chi connectivity index (χ1n) is 11.5. The van der Waals surface area contributed by atoms with Gasteiger partial charge in [0.25, 0.3) is 5.91 Å². The van der Waals surface area contributed by atoms with E-state index in [1.54, 1.807) is 6.20 Å². The van der Waals surface area contributed by atoms with Crippen LogP contribution < -0.4 is 10.6 Å². The first kappa shape index (κ1) is 26.1. The van der Waals surface area contributed by atoms with E-state index < -0.39 is 42.1 Å². The van der Waals surface area contributed by atoms with E-state index in [9.17, 15) is 28.2 Å². The summed E-state index contributed by atoms with van der Waals surface area (Å²) in [5.41, 5.74) is 0.606. The SMILES string of the molecule is CC(C)N1CCc2nc(C(=O)NC[C@H]3OC[C@H](Nc4cncc(C(F)(F)F)n4)[C@@H](O)[C@H]3O)ncc2C1. The van der Waals surface area contributed by atoms with Crippen LogP contribution in [0.3, 0.4) is 0 Å². The van der Waals surface area contributed by atoms with Crippen LogP contribution >= 0.6 is 0 Å². The Balaban J connectivity index is 1.31. The average molecular weight is 512 g/mol. The number of nitrogens with zero attached hydrogens (tertiary/aromatic N) is 5. The van der Waals surface area contributed by atoms with Crippen molar-refractivity contribution < 1.29 is 32.9 Å². The van der Waals surface area contributed by atoms with Gasteiger partial charge in [-0.2, -0.15) is 13.2 Å². The zero-order valence-corrected chi connectivity index (χ0v) is 19.7. The zero-order valence-electron chi connectivity index (χ0n) is 19.7. The number of aliphatic hydroxyl groups excluding tert-OH is 2. The van der Waals surface area contributed by atoms with E-state index in [0.29, 0.717) is 18.7 Å². The topological polar surface area (TPSA) is 146 Å². The number of ether oxygens (including phenoxy) is 1. The van der Waals surface area contributed by atoms with Gasteiger partial charge in [0.05, 0.1) is 30.7 Å². The number of nitrogens with one attached hydrogen (secondary N) is 2. The first-order valence-corrected chi connectivity index (χ1v) is 11.5. The molecule has 2 aliphatic heterocycles. The van der Waals surface area contributed by atoms with Crippen molar-refractivity contribution in [2.75, 3.05) is 25.0 Å². The van der Waals surface area contributed by atoms with E-state index in [2.05, 4.69) is 49.3 Å². The number of carbonyl (C=O) groups is 1. The monoisotopic (exact) mass is 511 g/mol. The van der Waals surface area contributed by atoms with Gasteiger partial charge in [-0.15, -0.1) is 0 Å². The summed E-state index contributed by atoms with van der Waals surface area (Å²) in [5, 5.41) is 26.1. The fraction of sp³-hybridized carbons (Fsp3) is 0.591. The molecule has 0 bridgehead atoms. The fourth-order valence-corrected chi connectivity index (χ4v) is 4.11. The first-order chi connectivity index (χ1) is 17.0. The third-order valence-corrected chi connectivity index (χ3v) is 6.25. The van der Waals surface area contributed by atoms with Crippen molar-refractivity contribution in [1.29, 1.82) is 0 Å². The largest absolute Gasteiger partial charge is 0.434 e. The highest BCUT2D eigenvalue weighted by atomic mass is 19.4. The van der Waals surface area contributed by atoms with Crippen molar-refractivity contribution in [2.24, 2.45) is 0 Å². The molecule has 4 rings (SSSR count). The zero-order chi connectivity index (χ0) is 26.0. The summed E-state index contributed by atoms with van der Waals surface area (Å²) in [4.78, 5) is 30.4. The Kier molecular flexibility index (Phi) is 7.68. The second-order valence-corrected chi connectivity index (χ2v) is 9.08. The average Bonchev–Trinajstić information content (AvgIpc) is 2.85.